The number of nitrogens with two attached hydrogens (primary N) is 1. The summed E-state index contributed by atoms with van der Waals surface area (Å²) in [5, 5.41) is 1.47. The van der Waals surface area contributed by atoms with Gasteiger partial charge in [-0.3, -0.25) is 4.99 Å². The summed E-state index contributed by atoms with van der Waals surface area (Å²) < 4.78 is 1.01. The van der Waals surface area contributed by atoms with Crippen LogP contribution in [0.1, 0.15) is 24.8 Å². The summed E-state index contributed by atoms with van der Waals surface area (Å²) in [7, 11) is 0. The summed E-state index contributed by atoms with van der Waals surface area (Å²) in [6, 6.07) is 6.09. The van der Waals surface area contributed by atoms with Gasteiger partial charge in [-0.1, -0.05) is 45.7 Å². The third-order valence-corrected chi connectivity index (χ3v) is 5.52. The molecule has 2 aliphatic rings. The molecule has 1 heterocycles. The van der Waals surface area contributed by atoms with Crippen LogP contribution in [0.3, 0.4) is 0 Å². The number of hydrogen-bond donors (Lipinski definition) is 1. The molecule has 1 aromatic carbocycles. The number of fused-ring (bicyclic) bond motifs is 1. The van der Waals surface area contributed by atoms with Crippen molar-refractivity contribution in [3.05, 3.63) is 33.3 Å². The Morgan fingerprint density at radius 2 is 2.28 bits per heavy atom. The summed E-state index contributed by atoms with van der Waals surface area (Å²) in [6.45, 7) is 0. The van der Waals surface area contributed by atoms with E-state index in [0.717, 1.165) is 21.7 Å². The minimum absolute atomic E-state index is 0.136. The van der Waals surface area contributed by atoms with Crippen LogP contribution >= 0.6 is 39.3 Å². The maximum absolute atomic E-state index is 6.18. The standard InChI is InChI=1S/C13H14BrClN2S/c14-10-4-9(5-11(15)6-10)13-3-1-2-8(13)7-18-12(16)17-13/h4-6,8H,1-3,7H2,(H2,16,17)/t8-,13-/m0/s1. The van der Waals surface area contributed by atoms with E-state index in [1.807, 2.05) is 12.1 Å². The molecule has 2 nitrogen and oxygen atoms in total. The molecule has 96 valence electrons. The first-order valence-corrected chi connectivity index (χ1v) is 8.20. The number of rotatable bonds is 1. The maximum atomic E-state index is 6.18. The zero-order chi connectivity index (χ0) is 12.8. The molecule has 1 saturated carbocycles. The Balaban J connectivity index is 2.14. The predicted molar refractivity (Wildman–Crippen MR) is 82.3 cm³/mol. The number of benzene rings is 1. The van der Waals surface area contributed by atoms with Crippen molar-refractivity contribution < 1.29 is 0 Å². The van der Waals surface area contributed by atoms with Crippen LogP contribution in [0, 0.1) is 5.92 Å². The normalized spacial score (nSPS) is 31.0. The van der Waals surface area contributed by atoms with E-state index in [2.05, 4.69) is 22.0 Å². The number of amidine groups is 1. The van der Waals surface area contributed by atoms with Gasteiger partial charge in [0, 0.05) is 15.2 Å². The van der Waals surface area contributed by atoms with Crippen LogP contribution in [0.15, 0.2) is 27.7 Å². The zero-order valence-electron chi connectivity index (χ0n) is 9.83. The average Bonchev–Trinajstić information content (AvgIpc) is 2.71. The molecule has 0 saturated heterocycles. The van der Waals surface area contributed by atoms with E-state index in [-0.39, 0.29) is 5.54 Å². The van der Waals surface area contributed by atoms with Gasteiger partial charge in [0.1, 0.15) is 0 Å². The second-order valence-electron chi connectivity index (χ2n) is 4.93. The second kappa shape index (κ2) is 4.73. The molecule has 5 heteroatoms. The van der Waals surface area contributed by atoms with Gasteiger partial charge in [0.25, 0.3) is 0 Å². The fraction of sp³-hybridized carbons (Fsp3) is 0.462. The van der Waals surface area contributed by atoms with Gasteiger partial charge in [0.15, 0.2) is 5.17 Å². The first kappa shape index (κ1) is 12.8. The van der Waals surface area contributed by atoms with Crippen molar-refractivity contribution in [2.45, 2.75) is 24.8 Å². The number of thioether (sulfide) groups is 1. The molecular weight excluding hydrogens is 332 g/mol. The monoisotopic (exact) mass is 344 g/mol. The van der Waals surface area contributed by atoms with Crippen molar-refractivity contribution in [3.8, 4) is 0 Å². The molecule has 2 atom stereocenters. The molecule has 1 aliphatic carbocycles. The van der Waals surface area contributed by atoms with Gasteiger partial charge in [0.2, 0.25) is 0 Å². The minimum Gasteiger partial charge on any atom is -0.379 e. The van der Waals surface area contributed by atoms with Crippen molar-refractivity contribution in [1.29, 1.82) is 0 Å². The largest absolute Gasteiger partial charge is 0.379 e. The highest BCUT2D eigenvalue weighted by molar-refractivity contribution is 9.10. The van der Waals surface area contributed by atoms with Gasteiger partial charge in [-0.15, -0.1) is 0 Å². The molecule has 0 radical (unpaired) electrons. The lowest BCUT2D eigenvalue weighted by Gasteiger charge is -2.36. The van der Waals surface area contributed by atoms with Crippen LogP contribution < -0.4 is 5.73 Å². The summed E-state index contributed by atoms with van der Waals surface area (Å²) >= 11 is 11.4. The number of hydrogen-bond acceptors (Lipinski definition) is 3. The summed E-state index contributed by atoms with van der Waals surface area (Å²) in [6.07, 6.45) is 3.52. The van der Waals surface area contributed by atoms with Crippen molar-refractivity contribution in [1.82, 2.24) is 0 Å². The highest BCUT2D eigenvalue weighted by Gasteiger charge is 2.46. The van der Waals surface area contributed by atoms with Crippen molar-refractivity contribution in [2.75, 3.05) is 5.75 Å². The quantitative estimate of drug-likeness (QED) is 0.830. The highest BCUT2D eigenvalue weighted by Crippen LogP contribution is 2.51. The topological polar surface area (TPSA) is 38.4 Å². The van der Waals surface area contributed by atoms with Gasteiger partial charge in [-0.25, -0.2) is 0 Å². The first-order valence-electron chi connectivity index (χ1n) is 6.05. The SMILES string of the molecule is NC1=N[C@@]2(c3cc(Cl)cc(Br)c3)CCC[C@H]2CS1. The van der Waals surface area contributed by atoms with Crippen molar-refractivity contribution >= 4 is 44.5 Å². The van der Waals surface area contributed by atoms with E-state index < -0.39 is 0 Å². The van der Waals surface area contributed by atoms with E-state index in [4.69, 9.17) is 22.3 Å². The van der Waals surface area contributed by atoms with Gasteiger partial charge in [-0.05, 0) is 42.5 Å². The van der Waals surface area contributed by atoms with E-state index in [1.54, 1.807) is 11.8 Å². The fourth-order valence-electron chi connectivity index (χ4n) is 3.09. The Hall–Kier alpha value is -0.190. The molecule has 0 aromatic heterocycles. The average molecular weight is 346 g/mol. The molecule has 0 unspecified atom stereocenters. The van der Waals surface area contributed by atoms with Crippen LogP contribution in [0.25, 0.3) is 0 Å². The Bertz CT molecular complexity index is 499. The van der Waals surface area contributed by atoms with E-state index >= 15 is 0 Å². The lowest BCUT2D eigenvalue weighted by Crippen LogP contribution is -2.36. The molecule has 0 bridgehead atoms. The lowest BCUT2D eigenvalue weighted by molar-refractivity contribution is 0.355. The molecule has 1 aromatic rings. The predicted octanol–water partition coefficient (Wildman–Crippen LogP) is 4.16. The number of halogens is 2. The van der Waals surface area contributed by atoms with Gasteiger partial charge < -0.3 is 5.73 Å². The summed E-state index contributed by atoms with van der Waals surface area (Å²) in [5.41, 5.74) is 7.02. The molecule has 3 rings (SSSR count). The highest BCUT2D eigenvalue weighted by atomic mass is 79.9. The molecule has 0 amide bonds. The van der Waals surface area contributed by atoms with Crippen LogP contribution in [-0.4, -0.2) is 10.9 Å². The first-order chi connectivity index (χ1) is 8.60. The smallest absolute Gasteiger partial charge is 0.154 e. The Morgan fingerprint density at radius 1 is 1.44 bits per heavy atom. The van der Waals surface area contributed by atoms with Gasteiger partial charge >= 0.3 is 0 Å². The maximum Gasteiger partial charge on any atom is 0.154 e. The molecular formula is C13H14BrClN2S. The fourth-order valence-corrected chi connectivity index (χ4v) is 4.99. The van der Waals surface area contributed by atoms with Gasteiger partial charge in [-0.2, -0.15) is 0 Å². The molecule has 1 aliphatic heterocycles. The van der Waals surface area contributed by atoms with E-state index in [1.165, 1.54) is 18.4 Å². The zero-order valence-corrected chi connectivity index (χ0v) is 13.0. The van der Waals surface area contributed by atoms with Gasteiger partial charge in [0.05, 0.1) is 5.54 Å². The Labute approximate surface area is 125 Å². The van der Waals surface area contributed by atoms with E-state index in [9.17, 15) is 0 Å². The number of aliphatic imine (C=N–C) groups is 1. The Kier molecular flexibility index (Phi) is 3.37. The number of nitrogens with zero attached hydrogens (tertiary/aromatic N) is 1. The lowest BCUT2D eigenvalue weighted by atomic mass is 9.82. The van der Waals surface area contributed by atoms with Crippen LogP contribution in [0.4, 0.5) is 0 Å². The molecule has 0 spiro atoms. The molecule has 18 heavy (non-hydrogen) atoms. The third kappa shape index (κ3) is 2.08. The van der Waals surface area contributed by atoms with E-state index in [0.29, 0.717) is 11.1 Å². The summed E-state index contributed by atoms with van der Waals surface area (Å²) in [5.74, 6) is 1.65. The molecule has 2 N–H and O–H groups in total. The molecule has 1 fully saturated rings. The Morgan fingerprint density at radius 3 is 3.06 bits per heavy atom. The van der Waals surface area contributed by atoms with Crippen LogP contribution in [-0.2, 0) is 5.54 Å². The third-order valence-electron chi connectivity index (χ3n) is 3.89. The van der Waals surface area contributed by atoms with Crippen LogP contribution in [0.5, 0.6) is 0 Å². The van der Waals surface area contributed by atoms with Crippen molar-refractivity contribution in [2.24, 2.45) is 16.6 Å². The second-order valence-corrected chi connectivity index (χ2v) is 7.32. The van der Waals surface area contributed by atoms with Crippen LogP contribution in [0.2, 0.25) is 5.02 Å². The minimum atomic E-state index is -0.136. The van der Waals surface area contributed by atoms with Crippen molar-refractivity contribution in [3.63, 3.8) is 0 Å². The summed E-state index contributed by atoms with van der Waals surface area (Å²) in [4.78, 5) is 4.81.